The van der Waals surface area contributed by atoms with Crippen LogP contribution in [0.15, 0.2) is 4.52 Å². The summed E-state index contributed by atoms with van der Waals surface area (Å²) in [5.41, 5.74) is 5.47. The van der Waals surface area contributed by atoms with Gasteiger partial charge in [-0.3, -0.25) is 0 Å². The first kappa shape index (κ1) is 12.5. The number of nitrogens with two attached hydrogens (primary N) is 1. The van der Waals surface area contributed by atoms with Gasteiger partial charge in [0.2, 0.25) is 5.89 Å². The third kappa shape index (κ3) is 3.26. The summed E-state index contributed by atoms with van der Waals surface area (Å²) in [5.74, 6) is 2.04. The van der Waals surface area contributed by atoms with E-state index >= 15 is 0 Å². The molecule has 0 amide bonds. The normalized spacial score (nSPS) is 21.9. The molecule has 0 bridgehead atoms. The Morgan fingerprint density at radius 1 is 1.53 bits per heavy atom. The Labute approximate surface area is 102 Å². The molecule has 1 fully saturated rings. The molecule has 0 radical (unpaired) electrons. The number of rotatable bonds is 5. The van der Waals surface area contributed by atoms with Crippen LogP contribution in [-0.4, -0.2) is 41.2 Å². The molecule has 1 aliphatic heterocycles. The van der Waals surface area contributed by atoms with E-state index in [2.05, 4.69) is 22.0 Å². The van der Waals surface area contributed by atoms with E-state index in [0.29, 0.717) is 12.5 Å². The lowest BCUT2D eigenvalue weighted by Gasteiger charge is -2.29. The van der Waals surface area contributed by atoms with Gasteiger partial charge in [-0.25, -0.2) is 0 Å². The standard InChI is InChI=1S/C12H22N4O/c1-2-16-8-4-5-10(9-16)12-14-11(15-17-12)6-3-7-13/h10H,2-9,13H2,1H3. The molecule has 0 aromatic carbocycles. The zero-order chi connectivity index (χ0) is 12.1. The zero-order valence-electron chi connectivity index (χ0n) is 10.6. The summed E-state index contributed by atoms with van der Waals surface area (Å²) in [6, 6.07) is 0. The van der Waals surface area contributed by atoms with E-state index in [4.69, 9.17) is 10.3 Å². The number of piperidine rings is 1. The molecule has 0 saturated carbocycles. The molecule has 0 aliphatic carbocycles. The summed E-state index contributed by atoms with van der Waals surface area (Å²) in [4.78, 5) is 6.92. The molecule has 1 aromatic rings. The fourth-order valence-electron chi connectivity index (χ4n) is 2.34. The van der Waals surface area contributed by atoms with Gasteiger partial charge in [0.05, 0.1) is 5.92 Å². The third-order valence-electron chi connectivity index (χ3n) is 3.39. The minimum Gasteiger partial charge on any atom is -0.339 e. The highest BCUT2D eigenvalue weighted by molar-refractivity contribution is 4.97. The molecular formula is C12H22N4O. The van der Waals surface area contributed by atoms with Crippen LogP contribution in [0.1, 0.15) is 43.8 Å². The summed E-state index contributed by atoms with van der Waals surface area (Å²) in [7, 11) is 0. The van der Waals surface area contributed by atoms with Crippen LogP contribution in [0.4, 0.5) is 0 Å². The molecule has 96 valence electrons. The molecule has 1 saturated heterocycles. The lowest BCUT2D eigenvalue weighted by molar-refractivity contribution is 0.194. The second-order valence-electron chi connectivity index (χ2n) is 4.67. The van der Waals surface area contributed by atoms with Gasteiger partial charge in [0, 0.05) is 13.0 Å². The Balaban J connectivity index is 1.94. The lowest BCUT2D eigenvalue weighted by Crippen LogP contribution is -2.34. The van der Waals surface area contributed by atoms with Gasteiger partial charge in [-0.05, 0) is 38.9 Å². The van der Waals surface area contributed by atoms with Gasteiger partial charge in [-0.1, -0.05) is 12.1 Å². The molecule has 5 heteroatoms. The summed E-state index contributed by atoms with van der Waals surface area (Å²) in [6.45, 7) is 6.22. The number of likely N-dealkylation sites (N-methyl/N-ethyl adjacent to an activating group) is 1. The number of nitrogens with zero attached hydrogens (tertiary/aromatic N) is 3. The number of aryl methyl sites for hydroxylation is 1. The predicted octanol–water partition coefficient (Wildman–Crippen LogP) is 1.16. The van der Waals surface area contributed by atoms with Crippen LogP contribution in [-0.2, 0) is 6.42 Å². The Bertz CT molecular complexity index is 339. The second-order valence-corrected chi connectivity index (χ2v) is 4.67. The number of hydrogen-bond acceptors (Lipinski definition) is 5. The Morgan fingerprint density at radius 2 is 2.41 bits per heavy atom. The van der Waals surface area contributed by atoms with Crippen molar-refractivity contribution in [3.63, 3.8) is 0 Å². The molecule has 1 aliphatic rings. The van der Waals surface area contributed by atoms with Crippen LogP contribution in [0.3, 0.4) is 0 Å². The maximum Gasteiger partial charge on any atom is 0.231 e. The quantitative estimate of drug-likeness (QED) is 0.833. The highest BCUT2D eigenvalue weighted by Gasteiger charge is 2.24. The van der Waals surface area contributed by atoms with Crippen molar-refractivity contribution >= 4 is 0 Å². The average molecular weight is 238 g/mol. The average Bonchev–Trinajstić information content (AvgIpc) is 2.85. The summed E-state index contributed by atoms with van der Waals surface area (Å²) in [6.07, 6.45) is 4.13. The molecule has 1 aromatic heterocycles. The first-order valence-electron chi connectivity index (χ1n) is 6.58. The number of aromatic nitrogens is 2. The van der Waals surface area contributed by atoms with Crippen molar-refractivity contribution in [3.05, 3.63) is 11.7 Å². The fourth-order valence-corrected chi connectivity index (χ4v) is 2.34. The van der Waals surface area contributed by atoms with E-state index in [1.54, 1.807) is 0 Å². The summed E-state index contributed by atoms with van der Waals surface area (Å²) in [5, 5.41) is 4.02. The van der Waals surface area contributed by atoms with Gasteiger partial charge in [0.1, 0.15) is 0 Å². The van der Waals surface area contributed by atoms with Crippen molar-refractivity contribution < 1.29 is 4.52 Å². The highest BCUT2D eigenvalue weighted by atomic mass is 16.5. The molecule has 1 atom stereocenters. The van der Waals surface area contributed by atoms with Crippen molar-refractivity contribution in [1.82, 2.24) is 15.0 Å². The molecule has 1 unspecified atom stereocenters. The SMILES string of the molecule is CCN1CCCC(c2nc(CCCN)no2)C1. The van der Waals surface area contributed by atoms with E-state index < -0.39 is 0 Å². The minimum atomic E-state index is 0.419. The monoisotopic (exact) mass is 238 g/mol. The maximum absolute atomic E-state index is 5.47. The van der Waals surface area contributed by atoms with Crippen molar-refractivity contribution in [2.75, 3.05) is 26.2 Å². The molecule has 2 N–H and O–H groups in total. The molecular weight excluding hydrogens is 216 g/mol. The van der Waals surface area contributed by atoms with Gasteiger partial charge >= 0.3 is 0 Å². The Kier molecular flexibility index (Phi) is 4.50. The lowest BCUT2D eigenvalue weighted by atomic mass is 9.98. The van der Waals surface area contributed by atoms with Crippen molar-refractivity contribution in [1.29, 1.82) is 0 Å². The van der Waals surface area contributed by atoms with Gasteiger partial charge in [-0.2, -0.15) is 4.98 Å². The second kappa shape index (κ2) is 6.12. The van der Waals surface area contributed by atoms with E-state index in [1.165, 1.54) is 13.0 Å². The van der Waals surface area contributed by atoms with Crippen molar-refractivity contribution in [2.24, 2.45) is 5.73 Å². The van der Waals surface area contributed by atoms with Crippen LogP contribution in [0.5, 0.6) is 0 Å². The maximum atomic E-state index is 5.47. The van der Waals surface area contributed by atoms with E-state index in [0.717, 1.165) is 44.1 Å². The van der Waals surface area contributed by atoms with E-state index in [9.17, 15) is 0 Å². The number of hydrogen-bond donors (Lipinski definition) is 1. The largest absolute Gasteiger partial charge is 0.339 e. The summed E-state index contributed by atoms with van der Waals surface area (Å²) < 4.78 is 5.37. The van der Waals surface area contributed by atoms with E-state index in [1.807, 2.05) is 0 Å². The smallest absolute Gasteiger partial charge is 0.231 e. The van der Waals surface area contributed by atoms with Crippen molar-refractivity contribution in [2.45, 2.75) is 38.5 Å². The van der Waals surface area contributed by atoms with E-state index in [-0.39, 0.29) is 0 Å². The molecule has 0 spiro atoms. The van der Waals surface area contributed by atoms with Crippen LogP contribution in [0, 0.1) is 0 Å². The van der Waals surface area contributed by atoms with Crippen LogP contribution in [0.25, 0.3) is 0 Å². The van der Waals surface area contributed by atoms with Crippen LogP contribution < -0.4 is 5.73 Å². The van der Waals surface area contributed by atoms with Crippen molar-refractivity contribution in [3.8, 4) is 0 Å². The molecule has 5 nitrogen and oxygen atoms in total. The minimum absolute atomic E-state index is 0.419. The fraction of sp³-hybridized carbons (Fsp3) is 0.833. The van der Waals surface area contributed by atoms with Gasteiger partial charge < -0.3 is 15.2 Å². The van der Waals surface area contributed by atoms with Gasteiger partial charge in [-0.15, -0.1) is 0 Å². The van der Waals surface area contributed by atoms with Crippen LogP contribution in [0.2, 0.25) is 0 Å². The first-order valence-corrected chi connectivity index (χ1v) is 6.58. The van der Waals surface area contributed by atoms with Gasteiger partial charge in [0.25, 0.3) is 0 Å². The number of likely N-dealkylation sites (tertiary alicyclic amines) is 1. The summed E-state index contributed by atoms with van der Waals surface area (Å²) >= 11 is 0. The van der Waals surface area contributed by atoms with Crippen LogP contribution >= 0.6 is 0 Å². The molecule has 17 heavy (non-hydrogen) atoms. The first-order chi connectivity index (χ1) is 8.33. The molecule has 2 rings (SSSR count). The highest BCUT2D eigenvalue weighted by Crippen LogP contribution is 2.25. The Morgan fingerprint density at radius 3 is 3.18 bits per heavy atom. The topological polar surface area (TPSA) is 68.2 Å². The van der Waals surface area contributed by atoms with Gasteiger partial charge in [0.15, 0.2) is 5.82 Å². The zero-order valence-corrected chi connectivity index (χ0v) is 10.6. The predicted molar refractivity (Wildman–Crippen MR) is 65.8 cm³/mol. The molecule has 2 heterocycles. The Hall–Kier alpha value is -0.940. The third-order valence-corrected chi connectivity index (χ3v) is 3.39.